The van der Waals surface area contributed by atoms with Gasteiger partial charge in [-0.05, 0) is 38.1 Å². The number of hydrogen-bond donors (Lipinski definition) is 3. The molecule has 2 heterocycles. The molecule has 2 bridgehead atoms. The second-order valence-electron chi connectivity index (χ2n) is 8.09. The molecule has 1 saturated carbocycles. The molecule has 3 N–H and O–H groups in total. The number of fused-ring (bicyclic) bond motifs is 3. The van der Waals surface area contributed by atoms with Gasteiger partial charge in [-0.15, -0.1) is 0 Å². The maximum absolute atomic E-state index is 11.1. The number of phenolic OH excluding ortho intramolecular Hbond substituents is 1. The summed E-state index contributed by atoms with van der Waals surface area (Å²) in [5.41, 5.74) is 0.434. The summed E-state index contributed by atoms with van der Waals surface area (Å²) in [6, 6.07) is 3.67. The van der Waals surface area contributed by atoms with Crippen molar-refractivity contribution in [3.8, 4) is 11.5 Å². The minimum absolute atomic E-state index is 0.105. The summed E-state index contributed by atoms with van der Waals surface area (Å²) in [4.78, 5) is 2.19. The standard InChI is InChI=1S/C19H25NO6/c1-20-7-6-17-8-11(21)16(23)19(25-3)18(17,20)9-13(26-19)10-4-5-12(24-2)15(22)14(10)17/h4-5,11,13,16,21-23H,6-9H2,1-3H3/t11-,13-,16-,17-,18+,19-/m0/s1. The first-order valence-corrected chi connectivity index (χ1v) is 9.09. The molecule has 1 aromatic rings. The molecule has 0 amide bonds. The summed E-state index contributed by atoms with van der Waals surface area (Å²) in [7, 11) is 5.06. The lowest BCUT2D eigenvalue weighted by atomic mass is 9.50. The Balaban J connectivity index is 1.88. The molecule has 2 saturated heterocycles. The van der Waals surface area contributed by atoms with Gasteiger partial charge >= 0.3 is 0 Å². The molecule has 26 heavy (non-hydrogen) atoms. The van der Waals surface area contributed by atoms with Crippen LogP contribution < -0.4 is 4.74 Å². The number of rotatable bonds is 2. The molecule has 7 nitrogen and oxygen atoms in total. The third-order valence-electron chi connectivity index (χ3n) is 7.53. The van der Waals surface area contributed by atoms with Gasteiger partial charge in [0.2, 0.25) is 5.79 Å². The first-order chi connectivity index (χ1) is 12.4. The van der Waals surface area contributed by atoms with Crippen molar-refractivity contribution in [2.45, 2.75) is 54.3 Å². The zero-order valence-electron chi connectivity index (χ0n) is 15.2. The highest BCUT2D eigenvalue weighted by molar-refractivity contribution is 5.61. The average Bonchev–Trinajstić information content (AvgIpc) is 3.13. The van der Waals surface area contributed by atoms with Gasteiger partial charge in [-0.25, -0.2) is 0 Å². The molecule has 1 spiro atoms. The van der Waals surface area contributed by atoms with Gasteiger partial charge < -0.3 is 29.5 Å². The summed E-state index contributed by atoms with van der Waals surface area (Å²) in [5, 5.41) is 32.8. The first-order valence-electron chi connectivity index (χ1n) is 9.09. The number of likely N-dealkylation sites (tertiary alicyclic amines) is 1. The minimum atomic E-state index is -1.35. The zero-order valence-corrected chi connectivity index (χ0v) is 15.2. The Bertz CT molecular complexity index is 786. The predicted molar refractivity (Wildman–Crippen MR) is 91.1 cm³/mol. The van der Waals surface area contributed by atoms with E-state index >= 15 is 0 Å². The maximum atomic E-state index is 11.1. The molecule has 6 atom stereocenters. The van der Waals surface area contributed by atoms with Crippen molar-refractivity contribution in [3.05, 3.63) is 23.3 Å². The van der Waals surface area contributed by atoms with Gasteiger partial charge in [0.15, 0.2) is 11.5 Å². The van der Waals surface area contributed by atoms with Crippen molar-refractivity contribution in [1.29, 1.82) is 0 Å². The number of likely N-dealkylation sites (N-methyl/N-ethyl adjacent to an activating group) is 1. The van der Waals surface area contributed by atoms with Gasteiger partial charge in [0.05, 0.1) is 24.9 Å². The van der Waals surface area contributed by atoms with Gasteiger partial charge in [0.25, 0.3) is 0 Å². The fourth-order valence-electron chi connectivity index (χ4n) is 6.61. The van der Waals surface area contributed by atoms with Gasteiger partial charge in [-0.1, -0.05) is 6.07 Å². The third-order valence-corrected chi connectivity index (χ3v) is 7.53. The van der Waals surface area contributed by atoms with Crippen molar-refractivity contribution in [2.24, 2.45) is 0 Å². The van der Waals surface area contributed by atoms with E-state index < -0.39 is 28.9 Å². The van der Waals surface area contributed by atoms with Gasteiger partial charge in [0.1, 0.15) is 6.10 Å². The molecular weight excluding hydrogens is 338 g/mol. The molecule has 5 rings (SSSR count). The molecule has 4 aliphatic rings. The lowest BCUT2D eigenvalue weighted by Gasteiger charge is -2.60. The van der Waals surface area contributed by atoms with Gasteiger partial charge in [0, 0.05) is 24.5 Å². The highest BCUT2D eigenvalue weighted by Crippen LogP contribution is 2.72. The third kappa shape index (κ3) is 1.44. The molecule has 2 aliphatic heterocycles. The fraction of sp³-hybridized carbons (Fsp3) is 0.684. The molecule has 3 fully saturated rings. The van der Waals surface area contributed by atoms with E-state index in [9.17, 15) is 15.3 Å². The second-order valence-corrected chi connectivity index (χ2v) is 8.09. The normalized spacial score (nSPS) is 46.1. The van der Waals surface area contributed by atoms with Crippen molar-refractivity contribution in [2.75, 3.05) is 27.8 Å². The number of methoxy groups -OCH3 is 2. The van der Waals surface area contributed by atoms with Crippen molar-refractivity contribution in [3.63, 3.8) is 0 Å². The van der Waals surface area contributed by atoms with E-state index in [-0.39, 0.29) is 11.9 Å². The molecular formula is C19H25NO6. The number of aliphatic hydroxyl groups excluding tert-OH is 2. The minimum Gasteiger partial charge on any atom is -0.504 e. The molecule has 1 aromatic carbocycles. The Morgan fingerprint density at radius 3 is 2.69 bits per heavy atom. The van der Waals surface area contributed by atoms with Crippen LogP contribution in [0.1, 0.15) is 36.5 Å². The van der Waals surface area contributed by atoms with Crippen LogP contribution in [0.4, 0.5) is 0 Å². The fourth-order valence-corrected chi connectivity index (χ4v) is 6.61. The summed E-state index contributed by atoms with van der Waals surface area (Å²) in [6.45, 7) is 0.761. The summed E-state index contributed by atoms with van der Waals surface area (Å²) >= 11 is 0. The quantitative estimate of drug-likeness (QED) is 0.711. The number of nitrogens with zero attached hydrogens (tertiary/aromatic N) is 1. The first kappa shape index (κ1) is 16.8. The average molecular weight is 363 g/mol. The van der Waals surface area contributed by atoms with Crippen LogP contribution in [0, 0.1) is 0 Å². The summed E-state index contributed by atoms with van der Waals surface area (Å²) in [5.74, 6) is -0.833. The Labute approximate surface area is 152 Å². The lowest BCUT2D eigenvalue weighted by molar-refractivity contribution is -0.335. The van der Waals surface area contributed by atoms with Crippen LogP contribution in [0.5, 0.6) is 11.5 Å². The number of ether oxygens (including phenoxy) is 3. The lowest BCUT2D eigenvalue weighted by Crippen LogP contribution is -2.77. The van der Waals surface area contributed by atoms with Crippen LogP contribution in [0.25, 0.3) is 0 Å². The molecule has 2 aliphatic carbocycles. The van der Waals surface area contributed by atoms with Crippen LogP contribution in [0.3, 0.4) is 0 Å². The van der Waals surface area contributed by atoms with E-state index in [1.807, 2.05) is 13.1 Å². The van der Waals surface area contributed by atoms with Crippen LogP contribution in [0.2, 0.25) is 0 Å². The monoisotopic (exact) mass is 363 g/mol. The Kier molecular flexibility index (Phi) is 3.17. The van der Waals surface area contributed by atoms with Crippen LogP contribution in [0.15, 0.2) is 12.1 Å². The van der Waals surface area contributed by atoms with E-state index in [2.05, 4.69) is 4.90 Å². The Hall–Kier alpha value is -1.38. The predicted octanol–water partition coefficient (Wildman–Crippen LogP) is 0.656. The van der Waals surface area contributed by atoms with Crippen molar-refractivity contribution >= 4 is 0 Å². The largest absolute Gasteiger partial charge is 0.504 e. The number of benzene rings is 1. The summed E-state index contributed by atoms with van der Waals surface area (Å²) in [6.07, 6.45) is -0.764. The number of hydrogen-bond acceptors (Lipinski definition) is 7. The second kappa shape index (κ2) is 4.91. The van der Waals surface area contributed by atoms with Crippen LogP contribution >= 0.6 is 0 Å². The topological polar surface area (TPSA) is 91.6 Å². The number of phenols is 1. The Morgan fingerprint density at radius 2 is 2.00 bits per heavy atom. The van der Waals surface area contributed by atoms with E-state index in [0.717, 1.165) is 24.1 Å². The van der Waals surface area contributed by atoms with Gasteiger partial charge in [-0.2, -0.15) is 0 Å². The molecule has 0 unspecified atom stereocenters. The molecule has 7 heteroatoms. The zero-order chi connectivity index (χ0) is 18.5. The Morgan fingerprint density at radius 1 is 1.23 bits per heavy atom. The van der Waals surface area contributed by atoms with E-state index in [1.165, 1.54) is 14.2 Å². The highest BCUT2D eigenvalue weighted by Gasteiger charge is 2.82. The van der Waals surface area contributed by atoms with Gasteiger partial charge in [-0.3, -0.25) is 4.90 Å². The van der Waals surface area contributed by atoms with Crippen LogP contribution in [-0.2, 0) is 14.9 Å². The van der Waals surface area contributed by atoms with E-state index in [4.69, 9.17) is 14.2 Å². The molecule has 0 aromatic heterocycles. The number of aliphatic hydroxyl groups is 2. The van der Waals surface area contributed by atoms with Crippen LogP contribution in [-0.4, -0.2) is 71.6 Å². The van der Waals surface area contributed by atoms with Crippen molar-refractivity contribution < 1.29 is 29.5 Å². The molecule has 142 valence electrons. The summed E-state index contributed by atoms with van der Waals surface area (Å²) < 4.78 is 17.6. The maximum Gasteiger partial charge on any atom is 0.217 e. The highest BCUT2D eigenvalue weighted by atomic mass is 16.7. The van der Waals surface area contributed by atoms with E-state index in [0.29, 0.717) is 18.6 Å². The van der Waals surface area contributed by atoms with Crippen molar-refractivity contribution in [1.82, 2.24) is 4.90 Å². The SMILES string of the molecule is COc1ccc2c(c1O)[C@@]13CCN(C)[C@]14C[C@@H]2O[C@@]4(OC)[C@@H](O)[C@@H](O)C3. The number of aromatic hydroxyl groups is 1. The molecule has 0 radical (unpaired) electrons. The van der Waals surface area contributed by atoms with E-state index in [1.54, 1.807) is 6.07 Å². The smallest absolute Gasteiger partial charge is 0.217 e.